The number of hydrogen-bond donors (Lipinski definition) is 2. The number of rotatable bonds is 2. The number of hydrogen-bond acceptors (Lipinski definition) is 2. The highest BCUT2D eigenvalue weighted by atomic mass is 19.4. The number of alkyl halides is 3. The van der Waals surface area contributed by atoms with Gasteiger partial charge in [0.1, 0.15) is 6.04 Å². The maximum atomic E-state index is 12.0. The molecule has 1 aliphatic rings. The standard InChI is InChI=1S/C7H13F3N2/c1-5(7(8,9)10)12-6-2-3-11-4-6/h5-6,11-12H,2-4H2,1H3. The van der Waals surface area contributed by atoms with Crippen LogP contribution in [0, 0.1) is 0 Å². The highest BCUT2D eigenvalue weighted by Gasteiger charge is 2.37. The molecule has 0 aromatic rings. The first-order valence-electron chi connectivity index (χ1n) is 4.03. The zero-order valence-corrected chi connectivity index (χ0v) is 6.91. The molecule has 2 N–H and O–H groups in total. The van der Waals surface area contributed by atoms with E-state index in [2.05, 4.69) is 10.6 Å². The molecule has 0 aliphatic carbocycles. The van der Waals surface area contributed by atoms with Crippen molar-refractivity contribution in [2.24, 2.45) is 0 Å². The van der Waals surface area contributed by atoms with Crippen molar-refractivity contribution in [1.82, 2.24) is 10.6 Å². The van der Waals surface area contributed by atoms with Crippen LogP contribution in [0.2, 0.25) is 0 Å². The zero-order valence-electron chi connectivity index (χ0n) is 6.91. The molecule has 2 atom stereocenters. The van der Waals surface area contributed by atoms with Crippen molar-refractivity contribution in [1.29, 1.82) is 0 Å². The van der Waals surface area contributed by atoms with Gasteiger partial charge in [0.2, 0.25) is 0 Å². The van der Waals surface area contributed by atoms with Crippen LogP contribution in [0.1, 0.15) is 13.3 Å². The van der Waals surface area contributed by atoms with Gasteiger partial charge in [0.15, 0.2) is 0 Å². The highest BCUT2D eigenvalue weighted by Crippen LogP contribution is 2.20. The molecule has 5 heteroatoms. The van der Waals surface area contributed by atoms with Gasteiger partial charge < -0.3 is 10.6 Å². The Hall–Kier alpha value is -0.290. The lowest BCUT2D eigenvalue weighted by atomic mass is 10.2. The minimum absolute atomic E-state index is 0.0263. The first-order valence-corrected chi connectivity index (χ1v) is 4.03. The topological polar surface area (TPSA) is 24.1 Å². The smallest absolute Gasteiger partial charge is 0.315 e. The van der Waals surface area contributed by atoms with Crippen molar-refractivity contribution in [3.63, 3.8) is 0 Å². The van der Waals surface area contributed by atoms with Crippen LogP contribution in [0.3, 0.4) is 0 Å². The zero-order chi connectivity index (χ0) is 9.19. The summed E-state index contributed by atoms with van der Waals surface area (Å²) in [6.45, 7) is 2.60. The molecule has 1 heterocycles. The Bertz CT molecular complexity index is 140. The van der Waals surface area contributed by atoms with E-state index in [9.17, 15) is 13.2 Å². The fourth-order valence-corrected chi connectivity index (χ4v) is 1.24. The monoisotopic (exact) mass is 182 g/mol. The third-order valence-corrected chi connectivity index (χ3v) is 2.04. The molecule has 12 heavy (non-hydrogen) atoms. The predicted molar refractivity (Wildman–Crippen MR) is 39.9 cm³/mol. The van der Waals surface area contributed by atoms with E-state index >= 15 is 0 Å². The van der Waals surface area contributed by atoms with Gasteiger partial charge in [-0.25, -0.2) is 0 Å². The fraction of sp³-hybridized carbons (Fsp3) is 1.00. The van der Waals surface area contributed by atoms with Gasteiger partial charge >= 0.3 is 6.18 Å². The van der Waals surface area contributed by atoms with Crippen molar-refractivity contribution in [3.8, 4) is 0 Å². The molecule has 1 aliphatic heterocycles. The maximum Gasteiger partial charge on any atom is 0.403 e. The van der Waals surface area contributed by atoms with Crippen molar-refractivity contribution in [2.75, 3.05) is 13.1 Å². The molecular formula is C7H13F3N2. The summed E-state index contributed by atoms with van der Waals surface area (Å²) >= 11 is 0. The fourth-order valence-electron chi connectivity index (χ4n) is 1.24. The largest absolute Gasteiger partial charge is 0.403 e. The van der Waals surface area contributed by atoms with Crippen molar-refractivity contribution < 1.29 is 13.2 Å². The van der Waals surface area contributed by atoms with Crippen LogP contribution in [0.15, 0.2) is 0 Å². The molecule has 2 unspecified atom stereocenters. The third kappa shape index (κ3) is 2.64. The molecule has 2 nitrogen and oxygen atoms in total. The lowest BCUT2D eigenvalue weighted by Crippen LogP contribution is -2.46. The van der Waals surface area contributed by atoms with E-state index in [0.717, 1.165) is 19.9 Å². The van der Waals surface area contributed by atoms with Gasteiger partial charge in [0, 0.05) is 12.6 Å². The van der Waals surface area contributed by atoms with Crippen LogP contribution in [0.25, 0.3) is 0 Å². The van der Waals surface area contributed by atoms with Crippen LogP contribution < -0.4 is 10.6 Å². The summed E-state index contributed by atoms with van der Waals surface area (Å²) in [4.78, 5) is 0. The molecule has 0 saturated carbocycles. The molecular weight excluding hydrogens is 169 g/mol. The molecule has 1 rings (SSSR count). The second-order valence-corrected chi connectivity index (χ2v) is 3.12. The summed E-state index contributed by atoms with van der Waals surface area (Å²) < 4.78 is 36.1. The van der Waals surface area contributed by atoms with E-state index in [1.807, 2.05) is 0 Å². The summed E-state index contributed by atoms with van der Waals surface area (Å²) in [5.74, 6) is 0. The molecule has 1 fully saturated rings. The Morgan fingerprint density at radius 1 is 1.50 bits per heavy atom. The molecule has 0 bridgehead atoms. The van der Waals surface area contributed by atoms with Crippen LogP contribution >= 0.6 is 0 Å². The maximum absolute atomic E-state index is 12.0. The molecule has 0 spiro atoms. The summed E-state index contributed by atoms with van der Waals surface area (Å²) in [5, 5.41) is 5.53. The number of nitrogens with one attached hydrogen (secondary N) is 2. The minimum atomic E-state index is -4.12. The van der Waals surface area contributed by atoms with E-state index in [-0.39, 0.29) is 6.04 Å². The molecule has 0 amide bonds. The van der Waals surface area contributed by atoms with E-state index in [4.69, 9.17) is 0 Å². The summed E-state index contributed by atoms with van der Waals surface area (Å²) in [7, 11) is 0. The molecule has 0 radical (unpaired) electrons. The first kappa shape index (κ1) is 9.80. The van der Waals surface area contributed by atoms with Gasteiger partial charge in [-0.2, -0.15) is 13.2 Å². The second-order valence-electron chi connectivity index (χ2n) is 3.12. The van der Waals surface area contributed by atoms with Gasteiger partial charge in [0.25, 0.3) is 0 Å². The second kappa shape index (κ2) is 3.62. The Morgan fingerprint density at radius 2 is 2.17 bits per heavy atom. The Labute approximate surface area is 69.5 Å². The minimum Gasteiger partial charge on any atom is -0.315 e. The summed E-state index contributed by atoms with van der Waals surface area (Å²) in [6.07, 6.45) is -3.34. The molecule has 72 valence electrons. The van der Waals surface area contributed by atoms with Gasteiger partial charge in [-0.05, 0) is 19.9 Å². The van der Waals surface area contributed by atoms with Crippen LogP contribution in [0.4, 0.5) is 13.2 Å². The van der Waals surface area contributed by atoms with Gasteiger partial charge in [0.05, 0.1) is 0 Å². The molecule has 1 saturated heterocycles. The summed E-state index contributed by atoms with van der Waals surface area (Å²) in [5.41, 5.74) is 0. The Kier molecular flexibility index (Phi) is 2.95. The first-order chi connectivity index (χ1) is 5.50. The van der Waals surface area contributed by atoms with Crippen LogP contribution in [-0.2, 0) is 0 Å². The molecule has 0 aromatic carbocycles. The van der Waals surface area contributed by atoms with Crippen LogP contribution in [0.5, 0.6) is 0 Å². The quantitative estimate of drug-likeness (QED) is 0.662. The van der Waals surface area contributed by atoms with Gasteiger partial charge in [-0.1, -0.05) is 0 Å². The third-order valence-electron chi connectivity index (χ3n) is 2.04. The lowest BCUT2D eigenvalue weighted by molar-refractivity contribution is -0.153. The van der Waals surface area contributed by atoms with E-state index in [1.54, 1.807) is 0 Å². The Morgan fingerprint density at radius 3 is 2.58 bits per heavy atom. The number of halogens is 3. The van der Waals surface area contributed by atoms with Crippen LogP contribution in [-0.4, -0.2) is 31.3 Å². The van der Waals surface area contributed by atoms with Gasteiger partial charge in [-0.15, -0.1) is 0 Å². The van der Waals surface area contributed by atoms with Gasteiger partial charge in [-0.3, -0.25) is 0 Å². The van der Waals surface area contributed by atoms with E-state index in [0.29, 0.717) is 6.54 Å². The highest BCUT2D eigenvalue weighted by molar-refractivity contribution is 4.82. The van der Waals surface area contributed by atoms with Crippen molar-refractivity contribution in [3.05, 3.63) is 0 Å². The lowest BCUT2D eigenvalue weighted by Gasteiger charge is -2.20. The average molecular weight is 182 g/mol. The van der Waals surface area contributed by atoms with Crippen molar-refractivity contribution >= 4 is 0 Å². The molecule has 0 aromatic heterocycles. The predicted octanol–water partition coefficient (Wildman–Crippen LogP) is 0.889. The van der Waals surface area contributed by atoms with E-state index in [1.165, 1.54) is 0 Å². The normalized spacial score (nSPS) is 27.5. The average Bonchev–Trinajstić information content (AvgIpc) is 2.37. The Balaban J connectivity index is 2.30. The SMILES string of the molecule is CC(NC1CCNC1)C(F)(F)F. The van der Waals surface area contributed by atoms with E-state index < -0.39 is 12.2 Å². The van der Waals surface area contributed by atoms with Crippen molar-refractivity contribution in [2.45, 2.75) is 31.6 Å². The summed E-state index contributed by atoms with van der Waals surface area (Å²) in [6, 6.07) is -1.43.